The molecule has 0 saturated heterocycles. The van der Waals surface area contributed by atoms with Gasteiger partial charge in [0.15, 0.2) is 5.78 Å². The zero-order chi connectivity index (χ0) is 17.1. The highest BCUT2D eigenvalue weighted by Gasteiger charge is 2.61. The highest BCUT2D eigenvalue weighted by atomic mass is 16.1. The first-order chi connectivity index (χ1) is 11.4. The van der Waals surface area contributed by atoms with Crippen LogP contribution in [0.1, 0.15) is 65.2 Å². The topological polar surface area (TPSA) is 34.1 Å². The highest BCUT2D eigenvalue weighted by Crippen LogP contribution is 2.66. The Bertz CT molecular complexity index is 666. The van der Waals surface area contributed by atoms with Crippen molar-refractivity contribution in [1.82, 2.24) is 0 Å². The number of terminal acetylenes is 1. The van der Waals surface area contributed by atoms with E-state index in [2.05, 4.69) is 19.8 Å². The Morgan fingerprint density at radius 2 is 1.88 bits per heavy atom. The van der Waals surface area contributed by atoms with Gasteiger partial charge in [-0.25, -0.2) is 0 Å². The van der Waals surface area contributed by atoms with Gasteiger partial charge in [-0.2, -0.15) is 0 Å². The zero-order valence-corrected chi connectivity index (χ0v) is 14.9. The predicted octanol–water partition coefficient (Wildman–Crippen LogP) is 4.34. The molecule has 0 unspecified atom stereocenters. The maximum atomic E-state index is 12.6. The summed E-state index contributed by atoms with van der Waals surface area (Å²) in [5.74, 6) is 5.76. The Hall–Kier alpha value is -1.36. The third kappa shape index (κ3) is 2.03. The van der Waals surface area contributed by atoms with Crippen molar-refractivity contribution in [3.8, 4) is 12.3 Å². The summed E-state index contributed by atoms with van der Waals surface area (Å²) in [5, 5.41) is 0. The van der Waals surface area contributed by atoms with Gasteiger partial charge in [0.2, 0.25) is 0 Å². The molecule has 128 valence electrons. The molecule has 3 saturated carbocycles. The van der Waals surface area contributed by atoms with E-state index >= 15 is 0 Å². The lowest BCUT2D eigenvalue weighted by Gasteiger charge is -2.59. The first kappa shape index (κ1) is 16.1. The molecule has 0 radical (unpaired) electrons. The lowest BCUT2D eigenvalue weighted by atomic mass is 9.45. The molecule has 6 atom stereocenters. The van der Waals surface area contributed by atoms with E-state index in [-0.39, 0.29) is 16.6 Å². The van der Waals surface area contributed by atoms with Crippen molar-refractivity contribution in [3.05, 3.63) is 11.6 Å². The summed E-state index contributed by atoms with van der Waals surface area (Å²) >= 11 is 0. The molecule has 0 aromatic heterocycles. The first-order valence-corrected chi connectivity index (χ1v) is 9.61. The van der Waals surface area contributed by atoms with E-state index in [0.717, 1.165) is 44.9 Å². The zero-order valence-electron chi connectivity index (χ0n) is 14.9. The smallest absolute Gasteiger partial charge is 0.155 e. The van der Waals surface area contributed by atoms with Crippen LogP contribution >= 0.6 is 0 Å². The van der Waals surface area contributed by atoms with Gasteiger partial charge in [-0.1, -0.05) is 19.4 Å². The standard InChI is InChI=1S/C22H28O2/c1-4-5-14-12-15-13-16(23)8-10-21(15,2)18-9-11-22(3)17(20(14)18)6-7-19(22)24/h1,13-14,17-18,20H,5-12H2,2-3H3/t14-,17+,18+,20+,21+,22+/m1/s1. The van der Waals surface area contributed by atoms with Crippen LogP contribution in [0.4, 0.5) is 0 Å². The number of carbonyl (C=O) groups is 2. The van der Waals surface area contributed by atoms with E-state index in [9.17, 15) is 9.59 Å². The molecule has 0 amide bonds. The van der Waals surface area contributed by atoms with Gasteiger partial charge in [-0.05, 0) is 67.3 Å². The molecule has 0 bridgehead atoms. The summed E-state index contributed by atoms with van der Waals surface area (Å²) in [5.41, 5.74) is 1.39. The van der Waals surface area contributed by atoms with Crippen LogP contribution in [0, 0.1) is 46.8 Å². The molecular formula is C22H28O2. The van der Waals surface area contributed by atoms with Crippen LogP contribution in [0.25, 0.3) is 0 Å². The second-order valence-corrected chi connectivity index (χ2v) is 9.13. The van der Waals surface area contributed by atoms with Crippen LogP contribution in [-0.4, -0.2) is 11.6 Å². The number of hydrogen-bond donors (Lipinski definition) is 0. The molecule has 0 N–H and O–H groups in total. The van der Waals surface area contributed by atoms with Crippen molar-refractivity contribution >= 4 is 11.6 Å². The monoisotopic (exact) mass is 324 g/mol. The molecule has 4 rings (SSSR count). The third-order valence-electron chi connectivity index (χ3n) is 8.23. The largest absolute Gasteiger partial charge is 0.299 e. The summed E-state index contributed by atoms with van der Waals surface area (Å²) in [4.78, 5) is 24.6. The van der Waals surface area contributed by atoms with Gasteiger partial charge in [0, 0.05) is 24.7 Å². The average molecular weight is 324 g/mol. The third-order valence-corrected chi connectivity index (χ3v) is 8.23. The van der Waals surface area contributed by atoms with Gasteiger partial charge >= 0.3 is 0 Å². The number of carbonyl (C=O) groups excluding carboxylic acids is 2. The number of fused-ring (bicyclic) bond motifs is 5. The second-order valence-electron chi connectivity index (χ2n) is 9.13. The van der Waals surface area contributed by atoms with Crippen molar-refractivity contribution in [2.75, 3.05) is 0 Å². The van der Waals surface area contributed by atoms with Gasteiger partial charge in [-0.15, -0.1) is 12.3 Å². The minimum Gasteiger partial charge on any atom is -0.299 e. The molecule has 4 aliphatic rings. The molecule has 0 aliphatic heterocycles. The molecule has 4 aliphatic carbocycles. The van der Waals surface area contributed by atoms with E-state index in [4.69, 9.17) is 6.42 Å². The molecule has 2 nitrogen and oxygen atoms in total. The van der Waals surface area contributed by atoms with Crippen molar-refractivity contribution in [2.45, 2.75) is 65.2 Å². The minimum absolute atomic E-state index is 0.115. The van der Waals surface area contributed by atoms with Crippen LogP contribution in [-0.2, 0) is 9.59 Å². The first-order valence-electron chi connectivity index (χ1n) is 9.61. The summed E-state index contributed by atoms with van der Waals surface area (Å²) in [6, 6.07) is 0. The van der Waals surface area contributed by atoms with E-state index in [1.54, 1.807) is 0 Å². The minimum atomic E-state index is -0.115. The van der Waals surface area contributed by atoms with Crippen LogP contribution in [0.2, 0.25) is 0 Å². The summed E-state index contributed by atoms with van der Waals surface area (Å²) in [6.45, 7) is 4.60. The van der Waals surface area contributed by atoms with Crippen LogP contribution in [0.15, 0.2) is 11.6 Å². The Balaban J connectivity index is 1.78. The fourth-order valence-electron chi connectivity index (χ4n) is 6.84. The summed E-state index contributed by atoms with van der Waals surface area (Å²) < 4.78 is 0. The predicted molar refractivity (Wildman–Crippen MR) is 94.0 cm³/mol. The SMILES string of the molecule is C#CC[C@@H]1CC2=CC(=O)CC[C@]2(C)[C@H]2CC[C@]3(C)C(=O)CC[C@H]3[C@H]12. The molecular weight excluding hydrogens is 296 g/mol. The molecule has 24 heavy (non-hydrogen) atoms. The number of allylic oxidation sites excluding steroid dienone is 1. The second kappa shape index (κ2) is 5.32. The number of hydrogen-bond acceptors (Lipinski definition) is 2. The number of Topliss-reactive ketones (excluding diaryl/α,β-unsaturated/α-hetero) is 1. The van der Waals surface area contributed by atoms with Crippen molar-refractivity contribution in [2.24, 2.45) is 34.5 Å². The molecule has 0 spiro atoms. The Morgan fingerprint density at radius 3 is 2.62 bits per heavy atom. The quantitative estimate of drug-likeness (QED) is 0.673. The van der Waals surface area contributed by atoms with Gasteiger partial charge in [-0.3, -0.25) is 9.59 Å². The fraction of sp³-hybridized carbons (Fsp3) is 0.727. The lowest BCUT2D eigenvalue weighted by molar-refractivity contribution is -0.134. The van der Waals surface area contributed by atoms with Gasteiger partial charge in [0.05, 0.1) is 0 Å². The lowest BCUT2D eigenvalue weighted by Crippen LogP contribution is -2.53. The van der Waals surface area contributed by atoms with Crippen molar-refractivity contribution in [3.63, 3.8) is 0 Å². The Morgan fingerprint density at radius 1 is 1.12 bits per heavy atom. The van der Waals surface area contributed by atoms with Crippen molar-refractivity contribution < 1.29 is 9.59 Å². The molecule has 2 heteroatoms. The summed E-state index contributed by atoms with van der Waals surface area (Å²) in [6.07, 6.45) is 15.0. The van der Waals surface area contributed by atoms with Gasteiger partial charge in [0.25, 0.3) is 0 Å². The Kier molecular flexibility index (Phi) is 3.57. The molecule has 0 aromatic carbocycles. The van der Waals surface area contributed by atoms with Gasteiger partial charge in [0.1, 0.15) is 5.78 Å². The van der Waals surface area contributed by atoms with E-state index in [0.29, 0.717) is 35.9 Å². The summed E-state index contributed by atoms with van der Waals surface area (Å²) in [7, 11) is 0. The maximum absolute atomic E-state index is 12.6. The Labute approximate surface area is 145 Å². The maximum Gasteiger partial charge on any atom is 0.155 e. The molecule has 0 heterocycles. The van der Waals surface area contributed by atoms with E-state index in [1.807, 2.05) is 6.08 Å². The number of rotatable bonds is 1. The van der Waals surface area contributed by atoms with Crippen LogP contribution in [0.3, 0.4) is 0 Å². The number of ketones is 2. The molecule has 0 aromatic rings. The van der Waals surface area contributed by atoms with Crippen molar-refractivity contribution in [1.29, 1.82) is 0 Å². The average Bonchev–Trinajstić information content (AvgIpc) is 2.85. The normalized spacial score (nSPS) is 47.3. The van der Waals surface area contributed by atoms with E-state index < -0.39 is 0 Å². The fourth-order valence-corrected chi connectivity index (χ4v) is 6.84. The van der Waals surface area contributed by atoms with Crippen LogP contribution in [0.5, 0.6) is 0 Å². The highest BCUT2D eigenvalue weighted by molar-refractivity contribution is 5.91. The molecule has 3 fully saturated rings. The van der Waals surface area contributed by atoms with E-state index in [1.165, 1.54) is 5.57 Å². The van der Waals surface area contributed by atoms with Gasteiger partial charge < -0.3 is 0 Å². The van der Waals surface area contributed by atoms with Crippen LogP contribution < -0.4 is 0 Å².